The molecule has 0 spiro atoms. The van der Waals surface area contributed by atoms with Gasteiger partial charge >= 0.3 is 5.97 Å². The second-order valence-corrected chi connectivity index (χ2v) is 7.06. The fourth-order valence-corrected chi connectivity index (χ4v) is 4.09. The third kappa shape index (κ3) is 3.41. The Labute approximate surface area is 146 Å². The maximum absolute atomic E-state index is 12.7. The molecule has 0 aliphatic carbocycles. The number of carboxylic acids is 1. The van der Waals surface area contributed by atoms with E-state index in [-0.39, 0.29) is 17.5 Å². The Kier molecular flexibility index (Phi) is 5.10. The van der Waals surface area contributed by atoms with Crippen LogP contribution < -0.4 is 0 Å². The van der Waals surface area contributed by atoms with Crippen LogP contribution in [-0.2, 0) is 9.53 Å². The molecule has 3 heterocycles. The fourth-order valence-electron chi connectivity index (χ4n) is 4.09. The number of aryl methyl sites for hydroxylation is 1. The van der Waals surface area contributed by atoms with Crippen LogP contribution in [0, 0.1) is 18.3 Å². The normalized spacial score (nSPS) is 27.1. The Hall–Kier alpha value is -1.93. The van der Waals surface area contributed by atoms with Crippen LogP contribution in [0.2, 0.25) is 0 Å². The molecule has 1 aromatic heterocycles. The predicted molar refractivity (Wildman–Crippen MR) is 88.3 cm³/mol. The Morgan fingerprint density at radius 3 is 2.92 bits per heavy atom. The van der Waals surface area contributed by atoms with E-state index in [4.69, 9.17) is 9.26 Å². The molecule has 2 atom stereocenters. The van der Waals surface area contributed by atoms with Crippen LogP contribution >= 0.6 is 0 Å². The summed E-state index contributed by atoms with van der Waals surface area (Å²) in [4.78, 5) is 28.7. The SMILES string of the molecule is COCCN1C[C@@H]2CN(C(=O)c3cc(C)on3)CCC[C@]2(C(=O)O)C1. The molecular weight excluding hydrogens is 326 g/mol. The van der Waals surface area contributed by atoms with Crippen LogP contribution in [0.3, 0.4) is 0 Å². The number of carbonyl (C=O) groups is 2. The zero-order chi connectivity index (χ0) is 18.0. The van der Waals surface area contributed by atoms with Gasteiger partial charge in [-0.1, -0.05) is 5.16 Å². The van der Waals surface area contributed by atoms with Gasteiger partial charge in [0.05, 0.1) is 12.0 Å². The van der Waals surface area contributed by atoms with Crippen molar-refractivity contribution in [2.45, 2.75) is 19.8 Å². The van der Waals surface area contributed by atoms with Gasteiger partial charge in [0, 0.05) is 51.8 Å². The fraction of sp³-hybridized carbons (Fsp3) is 0.706. The molecule has 138 valence electrons. The standard InChI is InChI=1S/C17H25N3O5/c1-12-8-14(18-25-12)15(21)20-5-3-4-17(16(22)23)11-19(6-7-24-2)9-13(17)10-20/h8,13H,3-7,9-11H2,1-2H3,(H,22,23)/t13-,17+/m1/s1. The van der Waals surface area contributed by atoms with Gasteiger partial charge in [-0.2, -0.15) is 0 Å². The third-order valence-corrected chi connectivity index (χ3v) is 5.43. The highest BCUT2D eigenvalue weighted by atomic mass is 16.5. The highest BCUT2D eigenvalue weighted by Gasteiger charge is 2.53. The second kappa shape index (κ2) is 7.13. The molecule has 0 aromatic carbocycles. The van der Waals surface area contributed by atoms with Crippen LogP contribution in [0.4, 0.5) is 0 Å². The minimum atomic E-state index is -0.789. The number of carboxylic acid groups (broad SMARTS) is 1. The lowest BCUT2D eigenvalue weighted by molar-refractivity contribution is -0.151. The molecule has 25 heavy (non-hydrogen) atoms. The van der Waals surface area contributed by atoms with Crippen molar-refractivity contribution in [3.05, 3.63) is 17.5 Å². The number of rotatable bonds is 5. The monoisotopic (exact) mass is 351 g/mol. The van der Waals surface area contributed by atoms with Crippen molar-refractivity contribution in [3.63, 3.8) is 0 Å². The zero-order valence-corrected chi connectivity index (χ0v) is 14.7. The number of methoxy groups -OCH3 is 1. The molecule has 2 fully saturated rings. The number of amides is 1. The summed E-state index contributed by atoms with van der Waals surface area (Å²) in [6.45, 7) is 5.18. The van der Waals surface area contributed by atoms with Gasteiger partial charge in [-0.3, -0.25) is 14.5 Å². The van der Waals surface area contributed by atoms with Gasteiger partial charge in [-0.25, -0.2) is 0 Å². The number of hydrogen-bond acceptors (Lipinski definition) is 6. The van der Waals surface area contributed by atoms with Gasteiger partial charge in [-0.05, 0) is 19.8 Å². The van der Waals surface area contributed by atoms with E-state index in [1.54, 1.807) is 25.0 Å². The summed E-state index contributed by atoms with van der Waals surface area (Å²) >= 11 is 0. The predicted octanol–water partition coefficient (Wildman–Crippen LogP) is 0.868. The molecule has 0 unspecified atom stereocenters. The van der Waals surface area contributed by atoms with Crippen LogP contribution in [0.5, 0.6) is 0 Å². The number of hydrogen-bond donors (Lipinski definition) is 1. The van der Waals surface area contributed by atoms with Gasteiger partial charge in [0.2, 0.25) is 0 Å². The van der Waals surface area contributed by atoms with E-state index < -0.39 is 11.4 Å². The largest absolute Gasteiger partial charge is 0.481 e. The molecule has 0 bridgehead atoms. The number of carbonyl (C=O) groups excluding carboxylic acids is 1. The Bertz CT molecular complexity index is 646. The minimum absolute atomic E-state index is 0.0960. The van der Waals surface area contributed by atoms with Gasteiger partial charge < -0.3 is 19.3 Å². The first-order valence-electron chi connectivity index (χ1n) is 8.63. The third-order valence-electron chi connectivity index (χ3n) is 5.43. The van der Waals surface area contributed by atoms with Crippen LogP contribution in [0.1, 0.15) is 29.1 Å². The molecule has 1 aromatic rings. The van der Waals surface area contributed by atoms with Gasteiger partial charge in [-0.15, -0.1) is 0 Å². The molecule has 1 amide bonds. The van der Waals surface area contributed by atoms with E-state index in [9.17, 15) is 14.7 Å². The molecule has 8 nitrogen and oxygen atoms in total. The van der Waals surface area contributed by atoms with Crippen molar-refractivity contribution in [1.29, 1.82) is 0 Å². The van der Waals surface area contributed by atoms with Crippen molar-refractivity contribution in [1.82, 2.24) is 15.0 Å². The molecule has 2 saturated heterocycles. The highest BCUT2D eigenvalue weighted by Crippen LogP contribution is 2.43. The molecule has 3 rings (SSSR count). The van der Waals surface area contributed by atoms with Crippen LogP contribution in [-0.4, -0.2) is 78.4 Å². The van der Waals surface area contributed by atoms with E-state index in [2.05, 4.69) is 10.1 Å². The lowest BCUT2D eigenvalue weighted by Crippen LogP contribution is -2.42. The average molecular weight is 351 g/mol. The van der Waals surface area contributed by atoms with Crippen molar-refractivity contribution < 1.29 is 24.0 Å². The number of nitrogens with zero attached hydrogens (tertiary/aromatic N) is 3. The number of ether oxygens (including phenoxy) is 1. The van der Waals surface area contributed by atoms with Gasteiger partial charge in [0.15, 0.2) is 5.69 Å². The molecule has 8 heteroatoms. The lowest BCUT2D eigenvalue weighted by Gasteiger charge is -2.29. The van der Waals surface area contributed by atoms with E-state index in [1.165, 1.54) is 0 Å². The maximum Gasteiger partial charge on any atom is 0.311 e. The number of fused-ring (bicyclic) bond motifs is 1. The first-order valence-corrected chi connectivity index (χ1v) is 8.63. The summed E-state index contributed by atoms with van der Waals surface area (Å²) in [5.74, 6) is -0.455. The summed E-state index contributed by atoms with van der Waals surface area (Å²) in [7, 11) is 1.64. The molecule has 2 aliphatic heterocycles. The summed E-state index contributed by atoms with van der Waals surface area (Å²) in [5, 5.41) is 13.7. The quantitative estimate of drug-likeness (QED) is 0.841. The van der Waals surface area contributed by atoms with E-state index >= 15 is 0 Å². The highest BCUT2D eigenvalue weighted by molar-refractivity contribution is 5.92. The second-order valence-electron chi connectivity index (χ2n) is 7.06. The summed E-state index contributed by atoms with van der Waals surface area (Å²) in [6.07, 6.45) is 1.25. The molecular formula is C17H25N3O5. The summed E-state index contributed by atoms with van der Waals surface area (Å²) in [5.41, 5.74) is -0.503. The van der Waals surface area contributed by atoms with Gasteiger partial charge in [0.1, 0.15) is 5.76 Å². The lowest BCUT2D eigenvalue weighted by atomic mass is 9.75. The summed E-state index contributed by atoms with van der Waals surface area (Å²) in [6, 6.07) is 1.62. The maximum atomic E-state index is 12.7. The number of likely N-dealkylation sites (tertiary alicyclic amines) is 2. The van der Waals surface area contributed by atoms with Crippen molar-refractivity contribution in [3.8, 4) is 0 Å². The van der Waals surface area contributed by atoms with Crippen LogP contribution in [0.25, 0.3) is 0 Å². The summed E-state index contributed by atoms with van der Waals surface area (Å²) < 4.78 is 10.1. The smallest absolute Gasteiger partial charge is 0.311 e. The average Bonchev–Trinajstić information content (AvgIpc) is 3.11. The minimum Gasteiger partial charge on any atom is -0.481 e. The Morgan fingerprint density at radius 2 is 2.28 bits per heavy atom. The first kappa shape index (κ1) is 17.9. The number of aromatic nitrogens is 1. The first-order chi connectivity index (χ1) is 12.0. The molecule has 2 aliphatic rings. The van der Waals surface area contributed by atoms with Crippen molar-refractivity contribution in [2.75, 3.05) is 46.4 Å². The topological polar surface area (TPSA) is 96.1 Å². The Morgan fingerprint density at radius 1 is 1.48 bits per heavy atom. The molecule has 0 radical (unpaired) electrons. The van der Waals surface area contributed by atoms with Crippen LogP contribution in [0.15, 0.2) is 10.6 Å². The molecule has 1 N–H and O–H groups in total. The van der Waals surface area contributed by atoms with Crippen molar-refractivity contribution >= 4 is 11.9 Å². The van der Waals surface area contributed by atoms with Gasteiger partial charge in [0.25, 0.3) is 5.91 Å². The number of aliphatic carboxylic acids is 1. The molecule has 0 saturated carbocycles. The van der Waals surface area contributed by atoms with E-state index in [1.807, 2.05) is 0 Å². The van der Waals surface area contributed by atoms with Crippen molar-refractivity contribution in [2.24, 2.45) is 11.3 Å². The van der Waals surface area contributed by atoms with E-state index in [0.29, 0.717) is 57.9 Å². The van der Waals surface area contributed by atoms with E-state index in [0.717, 1.165) is 0 Å². The Balaban J connectivity index is 1.78. The zero-order valence-electron chi connectivity index (χ0n) is 14.7.